The van der Waals surface area contributed by atoms with Crippen LogP contribution in [0.4, 0.5) is 0 Å². The molecule has 0 aliphatic rings. The number of hydrogen-bond donors (Lipinski definition) is 0. The second kappa shape index (κ2) is 5.86. The van der Waals surface area contributed by atoms with Gasteiger partial charge in [-0.1, -0.05) is 44.1 Å². The van der Waals surface area contributed by atoms with Crippen LogP contribution in [0.3, 0.4) is 0 Å². The summed E-state index contributed by atoms with van der Waals surface area (Å²) in [6.45, 7) is 5.82. The van der Waals surface area contributed by atoms with Gasteiger partial charge in [0.25, 0.3) is 0 Å². The fraction of sp³-hybridized carbons (Fsp3) is 0.400. The van der Waals surface area contributed by atoms with Crippen LogP contribution in [0, 0.1) is 5.41 Å². The molecule has 0 spiro atoms. The van der Waals surface area contributed by atoms with E-state index in [9.17, 15) is 4.79 Å². The smallest absolute Gasteiger partial charge is 0.234 e. The number of nitrogens with zero attached hydrogens (tertiary/aromatic N) is 2. The molecular formula is C15H18N2O3. The van der Waals surface area contributed by atoms with Crippen molar-refractivity contribution < 1.29 is 14.1 Å². The number of carbonyl (C=O) groups excluding carboxylic acids is 1. The number of Topliss-reactive ketones (excluding diaryl/α,β-unsaturated/α-hetero) is 1. The summed E-state index contributed by atoms with van der Waals surface area (Å²) in [7, 11) is 0. The lowest BCUT2D eigenvalue weighted by Crippen LogP contribution is -2.22. The lowest BCUT2D eigenvalue weighted by molar-refractivity contribution is -0.125. The molecule has 2 rings (SSSR count). The van der Waals surface area contributed by atoms with Gasteiger partial charge in [0.05, 0.1) is 6.42 Å². The third kappa shape index (κ3) is 3.91. The molecule has 106 valence electrons. The van der Waals surface area contributed by atoms with Crippen molar-refractivity contribution in [2.24, 2.45) is 5.41 Å². The minimum absolute atomic E-state index is 0.0664. The normalized spacial score (nSPS) is 11.3. The molecule has 0 fully saturated rings. The molecule has 5 nitrogen and oxygen atoms in total. The largest absolute Gasteiger partial charge is 0.485 e. The van der Waals surface area contributed by atoms with Crippen molar-refractivity contribution in [1.29, 1.82) is 0 Å². The number of ketones is 1. The number of rotatable bonds is 5. The maximum atomic E-state index is 11.9. The number of benzene rings is 1. The lowest BCUT2D eigenvalue weighted by atomic mass is 9.89. The van der Waals surface area contributed by atoms with Gasteiger partial charge in [-0.3, -0.25) is 4.79 Å². The third-order valence-electron chi connectivity index (χ3n) is 2.77. The average molecular weight is 274 g/mol. The first kappa shape index (κ1) is 14.2. The fourth-order valence-corrected chi connectivity index (χ4v) is 1.49. The van der Waals surface area contributed by atoms with Crippen molar-refractivity contribution >= 4 is 5.78 Å². The van der Waals surface area contributed by atoms with Crippen LogP contribution < -0.4 is 4.74 Å². The van der Waals surface area contributed by atoms with Crippen LogP contribution in [-0.4, -0.2) is 15.9 Å². The second-order valence-corrected chi connectivity index (χ2v) is 5.56. The van der Waals surface area contributed by atoms with Gasteiger partial charge in [-0.05, 0) is 12.1 Å². The summed E-state index contributed by atoms with van der Waals surface area (Å²) in [6, 6.07) is 9.39. The Bertz CT molecular complexity index is 570. The Balaban J connectivity index is 1.91. The zero-order valence-electron chi connectivity index (χ0n) is 11.9. The molecule has 5 heteroatoms. The number of para-hydroxylation sites is 1. The van der Waals surface area contributed by atoms with E-state index in [1.165, 1.54) is 0 Å². The Hall–Kier alpha value is -2.17. The summed E-state index contributed by atoms with van der Waals surface area (Å²) in [4.78, 5) is 16.0. The Morgan fingerprint density at radius 3 is 2.60 bits per heavy atom. The first-order chi connectivity index (χ1) is 9.45. The van der Waals surface area contributed by atoms with Gasteiger partial charge in [0.2, 0.25) is 11.7 Å². The van der Waals surface area contributed by atoms with E-state index < -0.39 is 5.41 Å². The van der Waals surface area contributed by atoms with Crippen LogP contribution in [0.25, 0.3) is 0 Å². The Morgan fingerprint density at radius 1 is 1.25 bits per heavy atom. The highest BCUT2D eigenvalue weighted by molar-refractivity contribution is 5.84. The van der Waals surface area contributed by atoms with Crippen LogP contribution in [0.15, 0.2) is 34.9 Å². The van der Waals surface area contributed by atoms with Crippen LogP contribution in [0.5, 0.6) is 5.75 Å². The molecule has 0 N–H and O–H groups in total. The van der Waals surface area contributed by atoms with Gasteiger partial charge in [0.15, 0.2) is 6.61 Å². The minimum Gasteiger partial charge on any atom is -0.485 e. The quantitative estimate of drug-likeness (QED) is 0.838. The molecule has 1 heterocycles. The van der Waals surface area contributed by atoms with E-state index in [-0.39, 0.29) is 18.8 Å². The van der Waals surface area contributed by atoms with Gasteiger partial charge in [0.1, 0.15) is 11.5 Å². The van der Waals surface area contributed by atoms with Crippen LogP contribution in [0.1, 0.15) is 32.5 Å². The SMILES string of the molecule is CC(C)(C)C(=O)Cc1nc(COc2ccccc2)no1. The van der Waals surface area contributed by atoms with Gasteiger partial charge < -0.3 is 9.26 Å². The molecule has 0 aliphatic carbocycles. The summed E-state index contributed by atoms with van der Waals surface area (Å²) in [5, 5.41) is 3.80. The maximum absolute atomic E-state index is 11.9. The number of ether oxygens (including phenoxy) is 1. The van der Waals surface area contributed by atoms with Gasteiger partial charge in [0, 0.05) is 5.41 Å². The van der Waals surface area contributed by atoms with Crippen molar-refractivity contribution in [2.75, 3.05) is 0 Å². The fourth-order valence-electron chi connectivity index (χ4n) is 1.49. The molecule has 0 aliphatic heterocycles. The van der Waals surface area contributed by atoms with Crippen molar-refractivity contribution in [3.05, 3.63) is 42.0 Å². The van der Waals surface area contributed by atoms with Gasteiger partial charge in [-0.25, -0.2) is 0 Å². The second-order valence-electron chi connectivity index (χ2n) is 5.56. The molecule has 0 bridgehead atoms. The maximum Gasteiger partial charge on any atom is 0.234 e. The first-order valence-electron chi connectivity index (χ1n) is 6.48. The Morgan fingerprint density at radius 2 is 1.95 bits per heavy atom. The van der Waals surface area contributed by atoms with E-state index >= 15 is 0 Å². The van der Waals surface area contributed by atoms with Gasteiger partial charge in [-0.15, -0.1) is 0 Å². The van der Waals surface area contributed by atoms with Crippen LogP contribution >= 0.6 is 0 Å². The summed E-state index contributed by atoms with van der Waals surface area (Å²) in [5.74, 6) is 1.57. The number of hydrogen-bond acceptors (Lipinski definition) is 5. The van der Waals surface area contributed by atoms with Crippen molar-refractivity contribution in [2.45, 2.75) is 33.8 Å². The van der Waals surface area contributed by atoms with E-state index in [2.05, 4.69) is 10.1 Å². The molecule has 0 amide bonds. The summed E-state index contributed by atoms with van der Waals surface area (Å²) < 4.78 is 10.6. The van der Waals surface area contributed by atoms with E-state index in [0.717, 1.165) is 5.75 Å². The zero-order valence-corrected chi connectivity index (χ0v) is 11.9. The molecule has 0 atom stereocenters. The molecule has 0 saturated heterocycles. The summed E-state index contributed by atoms with van der Waals surface area (Å²) in [5.41, 5.74) is -0.408. The van der Waals surface area contributed by atoms with Crippen molar-refractivity contribution in [3.8, 4) is 5.75 Å². The average Bonchev–Trinajstić information content (AvgIpc) is 2.84. The van der Waals surface area contributed by atoms with Gasteiger partial charge in [-0.2, -0.15) is 4.98 Å². The molecule has 0 radical (unpaired) electrons. The molecule has 0 saturated carbocycles. The minimum atomic E-state index is -0.408. The van der Waals surface area contributed by atoms with E-state index in [4.69, 9.17) is 9.26 Å². The zero-order chi connectivity index (χ0) is 14.6. The monoisotopic (exact) mass is 274 g/mol. The molecule has 2 aromatic rings. The number of carbonyl (C=O) groups is 1. The standard InChI is InChI=1S/C15H18N2O3/c1-15(2,3)12(18)9-14-16-13(17-20-14)10-19-11-7-5-4-6-8-11/h4-8H,9-10H2,1-3H3. The van der Waals surface area contributed by atoms with Crippen LogP contribution in [-0.2, 0) is 17.8 Å². The highest BCUT2D eigenvalue weighted by atomic mass is 16.5. The molecule has 1 aromatic heterocycles. The molecule has 20 heavy (non-hydrogen) atoms. The van der Waals surface area contributed by atoms with Crippen molar-refractivity contribution in [3.63, 3.8) is 0 Å². The summed E-state index contributed by atoms with van der Waals surface area (Å²) >= 11 is 0. The van der Waals surface area contributed by atoms with Crippen LogP contribution in [0.2, 0.25) is 0 Å². The predicted molar refractivity (Wildman–Crippen MR) is 73.2 cm³/mol. The third-order valence-corrected chi connectivity index (χ3v) is 2.77. The summed E-state index contributed by atoms with van der Waals surface area (Å²) in [6.07, 6.45) is 0.155. The van der Waals surface area contributed by atoms with E-state index in [1.807, 2.05) is 51.1 Å². The van der Waals surface area contributed by atoms with Crippen molar-refractivity contribution in [1.82, 2.24) is 10.1 Å². The van der Waals surface area contributed by atoms with E-state index in [1.54, 1.807) is 0 Å². The molecule has 0 unspecified atom stereocenters. The van der Waals surface area contributed by atoms with E-state index in [0.29, 0.717) is 11.7 Å². The predicted octanol–water partition coefficient (Wildman–Crippen LogP) is 2.81. The van der Waals surface area contributed by atoms with Gasteiger partial charge >= 0.3 is 0 Å². The highest BCUT2D eigenvalue weighted by Crippen LogP contribution is 2.17. The highest BCUT2D eigenvalue weighted by Gasteiger charge is 2.23. The molecule has 1 aromatic carbocycles. The molecular weight excluding hydrogens is 256 g/mol. The number of aromatic nitrogens is 2. The Labute approximate surface area is 118 Å². The topological polar surface area (TPSA) is 65.2 Å². The lowest BCUT2D eigenvalue weighted by Gasteiger charge is -2.14. The first-order valence-corrected chi connectivity index (χ1v) is 6.48. The Kier molecular flexibility index (Phi) is 4.17.